The molecule has 0 bridgehead atoms. The molecule has 0 radical (unpaired) electrons. The van der Waals surface area contributed by atoms with Crippen LogP contribution in [0.5, 0.6) is 0 Å². The zero-order chi connectivity index (χ0) is 9.86. The lowest BCUT2D eigenvalue weighted by atomic mass is 9.81. The summed E-state index contributed by atoms with van der Waals surface area (Å²) >= 11 is 0. The Bertz CT molecular complexity index is 167. The van der Waals surface area contributed by atoms with Gasteiger partial charge in [0.2, 0.25) is 0 Å². The molecule has 1 heterocycles. The van der Waals surface area contributed by atoms with Crippen LogP contribution in [0.2, 0.25) is 0 Å². The van der Waals surface area contributed by atoms with Gasteiger partial charge in [-0.15, -0.1) is 0 Å². The molecule has 2 aliphatic rings. The van der Waals surface area contributed by atoms with Crippen LogP contribution >= 0.6 is 0 Å². The third-order valence-electron chi connectivity index (χ3n) is 4.02. The molecular formula is C12H22O2. The Hall–Kier alpha value is -0.0800. The fraction of sp³-hybridized carbons (Fsp3) is 1.00. The summed E-state index contributed by atoms with van der Waals surface area (Å²) in [4.78, 5) is 0. The van der Waals surface area contributed by atoms with E-state index in [4.69, 9.17) is 4.74 Å². The van der Waals surface area contributed by atoms with Crippen molar-refractivity contribution in [1.29, 1.82) is 0 Å². The molecule has 2 nitrogen and oxygen atoms in total. The third-order valence-corrected chi connectivity index (χ3v) is 4.02. The van der Waals surface area contributed by atoms with Gasteiger partial charge in [-0.2, -0.15) is 0 Å². The standard InChI is InChI=1S/C12H22O2/c13-10-12(6-1-2-7-12)8-5-11-4-3-9-14-11/h11,13H,1-10H2. The van der Waals surface area contributed by atoms with Gasteiger partial charge >= 0.3 is 0 Å². The summed E-state index contributed by atoms with van der Waals surface area (Å²) in [5, 5.41) is 9.45. The lowest BCUT2D eigenvalue weighted by Crippen LogP contribution is -2.23. The van der Waals surface area contributed by atoms with Crippen molar-refractivity contribution in [2.45, 2.75) is 57.5 Å². The first-order valence-electron chi connectivity index (χ1n) is 6.07. The molecule has 2 heteroatoms. The van der Waals surface area contributed by atoms with Crippen molar-refractivity contribution in [3.8, 4) is 0 Å². The summed E-state index contributed by atoms with van der Waals surface area (Å²) in [6, 6.07) is 0. The second-order valence-electron chi connectivity index (χ2n) is 5.04. The Morgan fingerprint density at radius 2 is 2.00 bits per heavy atom. The van der Waals surface area contributed by atoms with Gasteiger partial charge < -0.3 is 9.84 Å². The van der Waals surface area contributed by atoms with Gasteiger partial charge in [-0.1, -0.05) is 12.8 Å². The molecule has 1 aliphatic carbocycles. The predicted octanol–water partition coefficient (Wildman–Crippen LogP) is 2.50. The van der Waals surface area contributed by atoms with Crippen molar-refractivity contribution < 1.29 is 9.84 Å². The molecular weight excluding hydrogens is 176 g/mol. The fourth-order valence-electron chi connectivity index (χ4n) is 2.95. The third kappa shape index (κ3) is 2.29. The molecule has 1 N–H and O–H groups in total. The number of hydrogen-bond acceptors (Lipinski definition) is 2. The van der Waals surface area contributed by atoms with Crippen molar-refractivity contribution in [2.75, 3.05) is 13.2 Å². The van der Waals surface area contributed by atoms with Gasteiger partial charge in [0, 0.05) is 13.2 Å². The van der Waals surface area contributed by atoms with Gasteiger partial charge in [0.05, 0.1) is 6.10 Å². The first-order chi connectivity index (χ1) is 6.85. The van der Waals surface area contributed by atoms with E-state index < -0.39 is 0 Å². The first kappa shape index (κ1) is 10.4. The van der Waals surface area contributed by atoms with Crippen LogP contribution in [0, 0.1) is 5.41 Å². The number of aliphatic hydroxyl groups is 1. The van der Waals surface area contributed by atoms with E-state index in [1.54, 1.807) is 0 Å². The van der Waals surface area contributed by atoms with Gasteiger partial charge in [0.1, 0.15) is 0 Å². The zero-order valence-electron chi connectivity index (χ0n) is 9.00. The van der Waals surface area contributed by atoms with Crippen molar-refractivity contribution in [3.05, 3.63) is 0 Å². The van der Waals surface area contributed by atoms with E-state index in [1.165, 1.54) is 51.4 Å². The highest BCUT2D eigenvalue weighted by Crippen LogP contribution is 2.42. The molecule has 0 aromatic carbocycles. The highest BCUT2D eigenvalue weighted by atomic mass is 16.5. The minimum Gasteiger partial charge on any atom is -0.396 e. The number of ether oxygens (including phenoxy) is 1. The number of aliphatic hydroxyl groups excluding tert-OH is 1. The minimum absolute atomic E-state index is 0.270. The van der Waals surface area contributed by atoms with Crippen LogP contribution in [0.25, 0.3) is 0 Å². The highest BCUT2D eigenvalue weighted by molar-refractivity contribution is 4.85. The SMILES string of the molecule is OCC1(CCC2CCCO2)CCCC1. The van der Waals surface area contributed by atoms with E-state index >= 15 is 0 Å². The predicted molar refractivity (Wildman–Crippen MR) is 56.2 cm³/mol. The van der Waals surface area contributed by atoms with Crippen LogP contribution in [0.3, 0.4) is 0 Å². The zero-order valence-corrected chi connectivity index (χ0v) is 9.00. The number of rotatable bonds is 4. The fourth-order valence-corrected chi connectivity index (χ4v) is 2.95. The molecule has 0 aromatic heterocycles. The summed E-state index contributed by atoms with van der Waals surface area (Å²) in [6.07, 6.45) is 10.4. The highest BCUT2D eigenvalue weighted by Gasteiger charge is 2.33. The van der Waals surface area contributed by atoms with Crippen molar-refractivity contribution >= 4 is 0 Å². The van der Waals surface area contributed by atoms with Crippen LogP contribution in [-0.4, -0.2) is 24.4 Å². The van der Waals surface area contributed by atoms with E-state index in [0.717, 1.165) is 6.61 Å². The lowest BCUT2D eigenvalue weighted by Gasteiger charge is -2.27. The molecule has 14 heavy (non-hydrogen) atoms. The molecule has 0 spiro atoms. The minimum atomic E-state index is 0.270. The van der Waals surface area contributed by atoms with E-state index in [0.29, 0.717) is 12.7 Å². The summed E-state index contributed by atoms with van der Waals surface area (Å²) in [5.74, 6) is 0. The maximum atomic E-state index is 9.45. The van der Waals surface area contributed by atoms with Gasteiger partial charge in [0.15, 0.2) is 0 Å². The second kappa shape index (κ2) is 4.63. The molecule has 2 fully saturated rings. The van der Waals surface area contributed by atoms with Crippen LogP contribution in [0.4, 0.5) is 0 Å². The Labute approximate surface area is 86.6 Å². The molecule has 82 valence electrons. The van der Waals surface area contributed by atoms with Crippen molar-refractivity contribution in [3.63, 3.8) is 0 Å². The molecule has 1 unspecified atom stereocenters. The lowest BCUT2D eigenvalue weighted by molar-refractivity contribution is 0.0671. The van der Waals surface area contributed by atoms with E-state index in [1.807, 2.05) is 0 Å². The molecule has 0 amide bonds. The Balaban J connectivity index is 1.76. The molecule has 1 aliphatic heterocycles. The Morgan fingerprint density at radius 3 is 2.57 bits per heavy atom. The van der Waals surface area contributed by atoms with Crippen molar-refractivity contribution in [1.82, 2.24) is 0 Å². The monoisotopic (exact) mass is 198 g/mol. The smallest absolute Gasteiger partial charge is 0.0576 e. The van der Waals surface area contributed by atoms with Gasteiger partial charge in [-0.05, 0) is 43.9 Å². The van der Waals surface area contributed by atoms with Gasteiger partial charge in [-0.25, -0.2) is 0 Å². The summed E-state index contributed by atoms with van der Waals surface area (Å²) in [6.45, 7) is 1.34. The molecule has 1 atom stereocenters. The van der Waals surface area contributed by atoms with E-state index in [2.05, 4.69) is 0 Å². The Kier molecular flexibility index (Phi) is 3.45. The molecule has 0 aromatic rings. The van der Waals surface area contributed by atoms with E-state index in [-0.39, 0.29) is 5.41 Å². The maximum Gasteiger partial charge on any atom is 0.0576 e. The molecule has 1 saturated carbocycles. The van der Waals surface area contributed by atoms with Gasteiger partial charge in [0.25, 0.3) is 0 Å². The Morgan fingerprint density at radius 1 is 1.21 bits per heavy atom. The van der Waals surface area contributed by atoms with Crippen LogP contribution in [0.15, 0.2) is 0 Å². The quantitative estimate of drug-likeness (QED) is 0.752. The maximum absolute atomic E-state index is 9.45. The normalized spacial score (nSPS) is 31.1. The van der Waals surface area contributed by atoms with Crippen LogP contribution in [0.1, 0.15) is 51.4 Å². The number of hydrogen-bond donors (Lipinski definition) is 1. The molecule has 2 rings (SSSR count). The second-order valence-corrected chi connectivity index (χ2v) is 5.04. The topological polar surface area (TPSA) is 29.5 Å². The largest absolute Gasteiger partial charge is 0.396 e. The first-order valence-corrected chi connectivity index (χ1v) is 6.07. The average molecular weight is 198 g/mol. The summed E-state index contributed by atoms with van der Waals surface area (Å²) in [5.41, 5.74) is 0.270. The van der Waals surface area contributed by atoms with Crippen LogP contribution < -0.4 is 0 Å². The van der Waals surface area contributed by atoms with Crippen LogP contribution in [-0.2, 0) is 4.74 Å². The van der Waals surface area contributed by atoms with Crippen molar-refractivity contribution in [2.24, 2.45) is 5.41 Å². The summed E-state index contributed by atoms with van der Waals surface area (Å²) in [7, 11) is 0. The summed E-state index contributed by atoms with van der Waals surface area (Å²) < 4.78 is 5.62. The molecule has 1 saturated heterocycles. The van der Waals surface area contributed by atoms with E-state index in [9.17, 15) is 5.11 Å². The average Bonchev–Trinajstić information content (AvgIpc) is 2.87. The van der Waals surface area contributed by atoms with Gasteiger partial charge in [-0.3, -0.25) is 0 Å².